The van der Waals surface area contributed by atoms with Gasteiger partial charge < -0.3 is 0 Å². The fraction of sp³-hybridized carbons (Fsp3) is 0.0909. The smallest absolute Gasteiger partial charge is 0.0109 e. The maximum absolute atomic E-state index is 4.33. The average Bonchev–Trinajstić information content (AvgIpc) is 2.61. The molecule has 0 saturated heterocycles. The van der Waals surface area contributed by atoms with E-state index in [-0.39, 0.29) is 0 Å². The Kier molecular flexibility index (Phi) is 3.16. The van der Waals surface area contributed by atoms with E-state index in [0.29, 0.717) is 0 Å². The van der Waals surface area contributed by atoms with Crippen molar-refractivity contribution in [3.8, 4) is 0 Å². The van der Waals surface area contributed by atoms with Crippen LogP contribution in [0.4, 0.5) is 0 Å². The van der Waals surface area contributed by atoms with Crippen LogP contribution in [-0.4, -0.2) is 0 Å². The molecule has 3 aromatic carbocycles. The molecule has 0 radical (unpaired) electrons. The van der Waals surface area contributed by atoms with E-state index in [0.717, 1.165) is 18.4 Å². The molecule has 106 valence electrons. The molecule has 3 aromatic rings. The quantitative estimate of drug-likeness (QED) is 0.550. The molecule has 0 saturated carbocycles. The van der Waals surface area contributed by atoms with E-state index in [1.165, 1.54) is 33.0 Å². The van der Waals surface area contributed by atoms with E-state index < -0.39 is 0 Å². The number of aryl methyl sites for hydroxylation is 1. The zero-order valence-electron chi connectivity index (χ0n) is 12.5. The number of fused-ring (bicyclic) bond motifs is 3. The molecule has 0 bridgehead atoms. The molecule has 22 heavy (non-hydrogen) atoms. The fourth-order valence-corrected chi connectivity index (χ4v) is 3.31. The van der Waals surface area contributed by atoms with Gasteiger partial charge in [0.05, 0.1) is 0 Å². The Morgan fingerprint density at radius 3 is 2.41 bits per heavy atom. The molecule has 0 spiro atoms. The van der Waals surface area contributed by atoms with Gasteiger partial charge in [-0.25, -0.2) is 0 Å². The second kappa shape index (κ2) is 5.31. The van der Waals surface area contributed by atoms with Crippen LogP contribution >= 0.6 is 0 Å². The maximum Gasteiger partial charge on any atom is -0.0109 e. The van der Waals surface area contributed by atoms with Crippen molar-refractivity contribution in [2.45, 2.75) is 12.8 Å². The molecule has 0 nitrogen and oxygen atoms in total. The summed E-state index contributed by atoms with van der Waals surface area (Å²) >= 11 is 0. The van der Waals surface area contributed by atoms with Crippen molar-refractivity contribution in [3.05, 3.63) is 95.6 Å². The Morgan fingerprint density at radius 2 is 1.55 bits per heavy atom. The second-order valence-electron chi connectivity index (χ2n) is 5.87. The van der Waals surface area contributed by atoms with Gasteiger partial charge in [0.15, 0.2) is 0 Å². The molecule has 0 aliphatic heterocycles. The molecule has 0 heterocycles. The largest absolute Gasteiger partial charge is 0.0909 e. The van der Waals surface area contributed by atoms with Gasteiger partial charge in [-0.2, -0.15) is 0 Å². The van der Waals surface area contributed by atoms with E-state index in [4.69, 9.17) is 0 Å². The van der Waals surface area contributed by atoms with Crippen LogP contribution in [-0.2, 0) is 6.42 Å². The lowest BCUT2D eigenvalue weighted by atomic mass is 9.84. The first-order valence-corrected chi connectivity index (χ1v) is 7.79. The highest BCUT2D eigenvalue weighted by atomic mass is 14.2. The van der Waals surface area contributed by atoms with Crippen LogP contribution in [0.25, 0.3) is 22.4 Å². The monoisotopic (exact) mass is 282 g/mol. The summed E-state index contributed by atoms with van der Waals surface area (Å²) in [6.45, 7) is 4.33. The van der Waals surface area contributed by atoms with E-state index in [1.807, 2.05) is 0 Å². The van der Waals surface area contributed by atoms with Crippen LogP contribution in [0, 0.1) is 0 Å². The van der Waals surface area contributed by atoms with Gasteiger partial charge in [-0.15, -0.1) is 0 Å². The molecule has 0 heteroatoms. The number of allylic oxidation sites excluding steroid dienone is 2. The third-order valence-corrected chi connectivity index (χ3v) is 4.55. The van der Waals surface area contributed by atoms with Crippen molar-refractivity contribution < 1.29 is 0 Å². The van der Waals surface area contributed by atoms with Crippen molar-refractivity contribution >= 4 is 22.4 Å². The first-order valence-electron chi connectivity index (χ1n) is 7.79. The van der Waals surface area contributed by atoms with E-state index in [2.05, 4.69) is 79.4 Å². The predicted molar refractivity (Wildman–Crippen MR) is 95.7 cm³/mol. The standard InChI is InChI=1S/C22H18/c1-16(17-7-3-2-4-8-17)20-14-13-19-12-11-18-9-5-6-10-21(18)22(19)15-20/h2-12,15H,1,13-14H2. The minimum absolute atomic E-state index is 1.07. The van der Waals surface area contributed by atoms with Crippen LogP contribution in [0.2, 0.25) is 0 Å². The van der Waals surface area contributed by atoms with Gasteiger partial charge in [0.2, 0.25) is 0 Å². The van der Waals surface area contributed by atoms with Crippen LogP contribution in [0.5, 0.6) is 0 Å². The molecule has 0 N–H and O–H groups in total. The van der Waals surface area contributed by atoms with Gasteiger partial charge in [-0.1, -0.05) is 79.4 Å². The zero-order chi connectivity index (χ0) is 14.9. The van der Waals surface area contributed by atoms with Gasteiger partial charge in [-0.3, -0.25) is 0 Å². The highest BCUT2D eigenvalue weighted by Gasteiger charge is 2.15. The molecular formula is C22H18. The minimum Gasteiger partial charge on any atom is -0.0909 e. The molecule has 0 atom stereocenters. The average molecular weight is 282 g/mol. The fourth-order valence-electron chi connectivity index (χ4n) is 3.31. The van der Waals surface area contributed by atoms with Gasteiger partial charge in [0.25, 0.3) is 0 Å². The predicted octanol–water partition coefficient (Wildman–Crippen LogP) is 5.88. The summed E-state index contributed by atoms with van der Waals surface area (Å²) in [5.74, 6) is 0. The number of benzene rings is 3. The highest BCUT2D eigenvalue weighted by molar-refractivity contribution is 5.96. The second-order valence-corrected chi connectivity index (χ2v) is 5.87. The summed E-state index contributed by atoms with van der Waals surface area (Å²) in [7, 11) is 0. The lowest BCUT2D eigenvalue weighted by Crippen LogP contribution is -2.01. The first kappa shape index (κ1) is 13.1. The third kappa shape index (κ3) is 2.17. The SMILES string of the molecule is C=C(C1=Cc2c(ccc3ccccc23)CC1)c1ccccc1. The Balaban J connectivity index is 1.84. The number of hydrogen-bond donors (Lipinski definition) is 0. The van der Waals surface area contributed by atoms with Crippen molar-refractivity contribution in [2.75, 3.05) is 0 Å². The minimum atomic E-state index is 1.07. The van der Waals surface area contributed by atoms with Gasteiger partial charge in [-0.05, 0) is 51.5 Å². The summed E-state index contributed by atoms with van der Waals surface area (Å²) in [6.07, 6.45) is 4.51. The Bertz CT molecular complexity index is 882. The van der Waals surface area contributed by atoms with E-state index >= 15 is 0 Å². The lowest BCUT2D eigenvalue weighted by molar-refractivity contribution is 0.959. The molecule has 4 rings (SSSR count). The molecule has 0 fully saturated rings. The molecular weight excluding hydrogens is 264 g/mol. The van der Waals surface area contributed by atoms with Gasteiger partial charge in [0.1, 0.15) is 0 Å². The molecule has 1 aliphatic rings. The summed E-state index contributed by atoms with van der Waals surface area (Å²) in [4.78, 5) is 0. The summed E-state index contributed by atoms with van der Waals surface area (Å²) in [6, 6.07) is 23.6. The highest BCUT2D eigenvalue weighted by Crippen LogP contribution is 2.35. The topological polar surface area (TPSA) is 0 Å². The van der Waals surface area contributed by atoms with Gasteiger partial charge in [0, 0.05) is 0 Å². The third-order valence-electron chi connectivity index (χ3n) is 4.55. The molecule has 1 aliphatic carbocycles. The van der Waals surface area contributed by atoms with Crippen LogP contribution in [0.3, 0.4) is 0 Å². The van der Waals surface area contributed by atoms with Gasteiger partial charge >= 0.3 is 0 Å². The first-order chi connectivity index (χ1) is 10.8. The van der Waals surface area contributed by atoms with Crippen molar-refractivity contribution in [3.63, 3.8) is 0 Å². The number of rotatable bonds is 2. The van der Waals surface area contributed by atoms with Crippen molar-refractivity contribution in [1.29, 1.82) is 0 Å². The summed E-state index contributed by atoms with van der Waals surface area (Å²) in [5, 5.41) is 2.65. The summed E-state index contributed by atoms with van der Waals surface area (Å²) in [5.41, 5.74) is 6.55. The number of hydrogen-bond acceptors (Lipinski definition) is 0. The normalized spacial score (nSPS) is 13.5. The summed E-state index contributed by atoms with van der Waals surface area (Å²) < 4.78 is 0. The molecule has 0 unspecified atom stereocenters. The Labute approximate surface area is 131 Å². The molecule has 0 aromatic heterocycles. The van der Waals surface area contributed by atoms with Crippen LogP contribution < -0.4 is 0 Å². The van der Waals surface area contributed by atoms with Crippen LogP contribution in [0.15, 0.2) is 78.9 Å². The van der Waals surface area contributed by atoms with E-state index in [1.54, 1.807) is 0 Å². The zero-order valence-corrected chi connectivity index (χ0v) is 12.5. The van der Waals surface area contributed by atoms with Crippen molar-refractivity contribution in [2.24, 2.45) is 0 Å². The maximum atomic E-state index is 4.33. The van der Waals surface area contributed by atoms with Crippen molar-refractivity contribution in [1.82, 2.24) is 0 Å². The molecule has 0 amide bonds. The lowest BCUT2D eigenvalue weighted by Gasteiger charge is -2.20. The Morgan fingerprint density at radius 1 is 0.773 bits per heavy atom. The Hall–Kier alpha value is -2.60. The van der Waals surface area contributed by atoms with E-state index in [9.17, 15) is 0 Å². The van der Waals surface area contributed by atoms with Crippen LogP contribution in [0.1, 0.15) is 23.1 Å².